The van der Waals surface area contributed by atoms with E-state index in [0.29, 0.717) is 18.8 Å². The second-order valence-corrected chi connectivity index (χ2v) is 3.90. The summed E-state index contributed by atoms with van der Waals surface area (Å²) < 4.78 is 28.2. The summed E-state index contributed by atoms with van der Waals surface area (Å²) in [6.45, 7) is 0.872. The molecule has 1 saturated carbocycles. The van der Waals surface area contributed by atoms with Crippen LogP contribution in [0.15, 0.2) is 0 Å². The molecule has 1 N–H and O–H groups in total. The van der Waals surface area contributed by atoms with Crippen molar-refractivity contribution in [2.75, 3.05) is 6.54 Å². The van der Waals surface area contributed by atoms with E-state index < -0.39 is 5.92 Å². The van der Waals surface area contributed by atoms with E-state index in [4.69, 9.17) is 0 Å². The predicted molar refractivity (Wildman–Crippen MR) is 48.9 cm³/mol. The molecule has 1 rings (SSSR count). The van der Waals surface area contributed by atoms with Gasteiger partial charge in [0, 0.05) is 42.3 Å². The Balaban J connectivity index is 2.25. The van der Waals surface area contributed by atoms with Crippen LogP contribution in [-0.4, -0.2) is 12.5 Å². The molecule has 0 atom stereocenters. The van der Waals surface area contributed by atoms with Crippen LogP contribution in [0.4, 0.5) is 8.78 Å². The predicted octanol–water partition coefficient (Wildman–Crippen LogP) is 2.75. The molecule has 0 aromatic rings. The fourth-order valence-corrected chi connectivity index (χ4v) is 2.04. The van der Waals surface area contributed by atoms with Gasteiger partial charge in [-0.1, -0.05) is 0 Å². The molecular weight excluding hydrogens is 263 g/mol. The van der Waals surface area contributed by atoms with Gasteiger partial charge in [0.05, 0.1) is 0 Å². The van der Waals surface area contributed by atoms with Gasteiger partial charge in [-0.25, -0.2) is 8.78 Å². The zero-order valence-electron chi connectivity index (χ0n) is 6.25. The van der Waals surface area contributed by atoms with E-state index in [1.165, 1.54) is 0 Å². The lowest BCUT2D eigenvalue weighted by Gasteiger charge is -2.27. The quantitative estimate of drug-likeness (QED) is 0.603. The van der Waals surface area contributed by atoms with Gasteiger partial charge in [-0.15, -0.1) is 0 Å². The van der Waals surface area contributed by atoms with E-state index >= 15 is 0 Å². The summed E-state index contributed by atoms with van der Waals surface area (Å²) in [5.74, 6) is -1.91. The molecule has 1 fully saturated rings. The molecule has 0 aliphatic heterocycles. The van der Waals surface area contributed by atoms with Gasteiger partial charge in [0.2, 0.25) is 5.92 Å². The highest BCUT2D eigenvalue weighted by Crippen LogP contribution is 2.35. The Morgan fingerprint density at radius 3 is 2.36 bits per heavy atom. The van der Waals surface area contributed by atoms with E-state index in [2.05, 4.69) is 26.4 Å². The van der Waals surface area contributed by atoms with Gasteiger partial charge in [-0.3, -0.25) is 3.53 Å². The molecule has 1 aliphatic rings. The number of halogens is 3. The molecule has 0 bridgehead atoms. The van der Waals surface area contributed by atoms with Crippen molar-refractivity contribution in [2.45, 2.75) is 31.6 Å². The third kappa shape index (κ3) is 3.19. The molecule has 1 aliphatic carbocycles. The van der Waals surface area contributed by atoms with Crippen LogP contribution >= 0.6 is 22.9 Å². The van der Waals surface area contributed by atoms with E-state index in [1.807, 2.05) is 0 Å². The van der Waals surface area contributed by atoms with Gasteiger partial charge in [0.1, 0.15) is 0 Å². The van der Waals surface area contributed by atoms with Gasteiger partial charge in [0.25, 0.3) is 0 Å². The van der Waals surface area contributed by atoms with Crippen molar-refractivity contribution in [1.29, 1.82) is 0 Å². The molecule has 0 saturated heterocycles. The molecule has 66 valence electrons. The van der Waals surface area contributed by atoms with E-state index in [9.17, 15) is 8.78 Å². The number of alkyl halides is 2. The second kappa shape index (κ2) is 3.98. The minimum Gasteiger partial charge on any atom is -0.261 e. The second-order valence-electron chi connectivity index (χ2n) is 3.14. The average molecular weight is 275 g/mol. The number of nitrogens with one attached hydrogen (secondary N) is 1. The molecule has 0 aromatic carbocycles. The molecule has 4 heteroatoms. The Morgan fingerprint density at radius 2 is 1.91 bits per heavy atom. The monoisotopic (exact) mass is 275 g/mol. The highest BCUT2D eigenvalue weighted by Gasteiger charge is 2.34. The molecule has 0 heterocycles. The number of hydrogen-bond donors (Lipinski definition) is 1. The van der Waals surface area contributed by atoms with Crippen molar-refractivity contribution in [3.05, 3.63) is 0 Å². The smallest absolute Gasteiger partial charge is 0.248 e. The van der Waals surface area contributed by atoms with Crippen LogP contribution in [0, 0.1) is 5.92 Å². The molecule has 0 unspecified atom stereocenters. The fraction of sp³-hybridized carbons (Fsp3) is 1.00. The van der Waals surface area contributed by atoms with Crippen molar-refractivity contribution in [3.63, 3.8) is 0 Å². The first-order valence-electron chi connectivity index (χ1n) is 3.85. The molecule has 0 spiro atoms. The third-order valence-corrected chi connectivity index (χ3v) is 2.64. The lowest BCUT2D eigenvalue weighted by atomic mass is 9.87. The van der Waals surface area contributed by atoms with Gasteiger partial charge in [-0.2, -0.15) is 0 Å². The number of rotatable bonds is 2. The van der Waals surface area contributed by atoms with Crippen LogP contribution < -0.4 is 3.53 Å². The van der Waals surface area contributed by atoms with Crippen LogP contribution in [0.2, 0.25) is 0 Å². The summed E-state index contributed by atoms with van der Waals surface area (Å²) in [6.07, 6.45) is 1.50. The Kier molecular flexibility index (Phi) is 3.49. The molecule has 1 nitrogen and oxygen atoms in total. The summed E-state index contributed by atoms with van der Waals surface area (Å²) in [7, 11) is 0. The van der Waals surface area contributed by atoms with Gasteiger partial charge in [0.15, 0.2) is 0 Å². The number of hydrogen-bond acceptors (Lipinski definition) is 1. The van der Waals surface area contributed by atoms with Gasteiger partial charge in [-0.05, 0) is 18.8 Å². The first-order valence-corrected chi connectivity index (χ1v) is 4.93. The molecular formula is C7H12F2IN. The fourth-order valence-electron chi connectivity index (χ4n) is 1.41. The van der Waals surface area contributed by atoms with Crippen molar-refractivity contribution in [2.24, 2.45) is 5.92 Å². The standard InChI is InChI=1S/C7H12F2IN/c8-7(9)3-1-6(2-4-7)5-11-10/h6,11H,1-5H2. The maximum absolute atomic E-state index is 12.6. The molecule has 0 aromatic heterocycles. The zero-order chi connectivity index (χ0) is 8.32. The first kappa shape index (κ1) is 9.64. The Labute approximate surface area is 79.4 Å². The third-order valence-electron chi connectivity index (χ3n) is 2.20. The first-order chi connectivity index (χ1) is 5.14. The lowest BCUT2D eigenvalue weighted by Crippen LogP contribution is -2.28. The highest BCUT2D eigenvalue weighted by atomic mass is 127. The van der Waals surface area contributed by atoms with Crippen LogP contribution in [-0.2, 0) is 0 Å². The topological polar surface area (TPSA) is 12.0 Å². The van der Waals surface area contributed by atoms with Crippen molar-refractivity contribution in [1.82, 2.24) is 3.53 Å². The lowest BCUT2D eigenvalue weighted by molar-refractivity contribution is -0.0448. The van der Waals surface area contributed by atoms with Crippen LogP contribution in [0.25, 0.3) is 0 Å². The van der Waals surface area contributed by atoms with E-state index in [0.717, 1.165) is 6.54 Å². The largest absolute Gasteiger partial charge is 0.261 e. The van der Waals surface area contributed by atoms with Gasteiger partial charge >= 0.3 is 0 Å². The summed E-state index contributed by atoms with van der Waals surface area (Å²) in [4.78, 5) is 0. The maximum Gasteiger partial charge on any atom is 0.248 e. The highest BCUT2D eigenvalue weighted by molar-refractivity contribution is 14.1. The summed E-state index contributed by atoms with van der Waals surface area (Å²) in [5.41, 5.74) is 0. The van der Waals surface area contributed by atoms with Crippen LogP contribution in [0.3, 0.4) is 0 Å². The van der Waals surface area contributed by atoms with E-state index in [1.54, 1.807) is 0 Å². The van der Waals surface area contributed by atoms with Crippen LogP contribution in [0.5, 0.6) is 0 Å². The minimum atomic E-state index is -2.37. The summed E-state index contributed by atoms with van der Waals surface area (Å²) >= 11 is 2.06. The van der Waals surface area contributed by atoms with Crippen molar-refractivity contribution in [3.8, 4) is 0 Å². The average Bonchev–Trinajstić information content (AvgIpc) is 1.94. The summed E-state index contributed by atoms with van der Waals surface area (Å²) in [5, 5.41) is 0. The zero-order valence-corrected chi connectivity index (χ0v) is 8.40. The minimum absolute atomic E-state index is 0.0794. The molecule has 0 amide bonds. The normalized spacial score (nSPS) is 25.4. The molecule has 0 radical (unpaired) electrons. The maximum atomic E-state index is 12.6. The Hall–Kier alpha value is 0.550. The Morgan fingerprint density at radius 1 is 1.36 bits per heavy atom. The SMILES string of the molecule is FC1(F)CCC(CNI)CC1. The molecule has 11 heavy (non-hydrogen) atoms. The van der Waals surface area contributed by atoms with Crippen molar-refractivity contribution < 1.29 is 8.78 Å². The van der Waals surface area contributed by atoms with E-state index in [-0.39, 0.29) is 12.8 Å². The van der Waals surface area contributed by atoms with Gasteiger partial charge < -0.3 is 0 Å². The van der Waals surface area contributed by atoms with Crippen molar-refractivity contribution >= 4 is 22.9 Å². The van der Waals surface area contributed by atoms with Crippen LogP contribution in [0.1, 0.15) is 25.7 Å². The summed E-state index contributed by atoms with van der Waals surface area (Å²) in [6, 6.07) is 0. The Bertz CT molecular complexity index is 120.